The van der Waals surface area contributed by atoms with E-state index in [2.05, 4.69) is 0 Å². The number of morpholine rings is 1. The second kappa shape index (κ2) is 5.84. The third-order valence-electron chi connectivity index (χ3n) is 3.00. The molecule has 2 rings (SSSR count). The van der Waals surface area contributed by atoms with Crippen molar-refractivity contribution < 1.29 is 19.4 Å². The summed E-state index contributed by atoms with van der Waals surface area (Å²) in [6.45, 7) is 1.90. The summed E-state index contributed by atoms with van der Waals surface area (Å²) in [5, 5.41) is 8.79. The molecule has 1 aliphatic heterocycles. The molecule has 1 aliphatic rings. The van der Waals surface area contributed by atoms with Gasteiger partial charge in [0.25, 0.3) is 0 Å². The van der Waals surface area contributed by atoms with Crippen molar-refractivity contribution in [3.63, 3.8) is 0 Å². The lowest BCUT2D eigenvalue weighted by atomic mass is 10.1. The van der Waals surface area contributed by atoms with Crippen LogP contribution in [0.4, 0.5) is 0 Å². The molecule has 1 aromatic rings. The van der Waals surface area contributed by atoms with Gasteiger partial charge in [-0.15, -0.1) is 0 Å². The normalized spacial score (nSPS) is 20.6. The molecule has 0 aliphatic carbocycles. The van der Waals surface area contributed by atoms with E-state index in [0.717, 1.165) is 11.3 Å². The SMILES string of the molecule is COc1ccc(C2CN(CC(=O)O)CCO2)cc1. The quantitative estimate of drug-likeness (QED) is 0.870. The number of carboxylic acids is 1. The summed E-state index contributed by atoms with van der Waals surface area (Å²) >= 11 is 0. The first-order valence-corrected chi connectivity index (χ1v) is 5.89. The van der Waals surface area contributed by atoms with Crippen LogP contribution in [0.5, 0.6) is 5.75 Å². The van der Waals surface area contributed by atoms with Gasteiger partial charge in [0.05, 0.1) is 26.4 Å². The molecule has 1 aromatic carbocycles. The maximum Gasteiger partial charge on any atom is 0.317 e. The first kappa shape index (κ1) is 12.9. The van der Waals surface area contributed by atoms with Gasteiger partial charge >= 0.3 is 5.97 Å². The molecule has 1 heterocycles. The topological polar surface area (TPSA) is 59.0 Å². The van der Waals surface area contributed by atoms with Crippen molar-refractivity contribution in [2.75, 3.05) is 33.4 Å². The number of rotatable bonds is 4. The van der Waals surface area contributed by atoms with E-state index < -0.39 is 5.97 Å². The Morgan fingerprint density at radius 2 is 2.22 bits per heavy atom. The van der Waals surface area contributed by atoms with E-state index in [1.165, 1.54) is 0 Å². The summed E-state index contributed by atoms with van der Waals surface area (Å²) < 4.78 is 10.8. The molecule has 1 N–H and O–H groups in total. The van der Waals surface area contributed by atoms with E-state index in [9.17, 15) is 4.79 Å². The fourth-order valence-corrected chi connectivity index (χ4v) is 2.06. The van der Waals surface area contributed by atoms with Gasteiger partial charge < -0.3 is 14.6 Å². The van der Waals surface area contributed by atoms with Crippen molar-refractivity contribution in [2.45, 2.75) is 6.10 Å². The van der Waals surface area contributed by atoms with E-state index in [1.54, 1.807) is 7.11 Å². The monoisotopic (exact) mass is 251 g/mol. The zero-order valence-corrected chi connectivity index (χ0v) is 10.3. The molecule has 1 atom stereocenters. The maximum absolute atomic E-state index is 10.7. The Balaban J connectivity index is 2.01. The molecule has 1 fully saturated rings. The van der Waals surface area contributed by atoms with E-state index in [1.807, 2.05) is 29.2 Å². The van der Waals surface area contributed by atoms with Crippen LogP contribution in [0.25, 0.3) is 0 Å². The van der Waals surface area contributed by atoms with Crippen molar-refractivity contribution in [1.29, 1.82) is 0 Å². The Morgan fingerprint density at radius 1 is 1.50 bits per heavy atom. The van der Waals surface area contributed by atoms with E-state index in [4.69, 9.17) is 14.6 Å². The lowest BCUT2D eigenvalue weighted by molar-refractivity contribution is -0.140. The maximum atomic E-state index is 10.7. The molecule has 0 spiro atoms. The third kappa shape index (κ3) is 3.21. The highest BCUT2D eigenvalue weighted by Gasteiger charge is 2.23. The van der Waals surface area contributed by atoms with Crippen molar-refractivity contribution in [3.05, 3.63) is 29.8 Å². The van der Waals surface area contributed by atoms with E-state index >= 15 is 0 Å². The smallest absolute Gasteiger partial charge is 0.317 e. The van der Waals surface area contributed by atoms with Crippen LogP contribution in [0.2, 0.25) is 0 Å². The van der Waals surface area contributed by atoms with Crippen LogP contribution in [-0.2, 0) is 9.53 Å². The Bertz CT molecular complexity index is 404. The van der Waals surface area contributed by atoms with E-state index in [-0.39, 0.29) is 12.6 Å². The molecule has 1 unspecified atom stereocenters. The van der Waals surface area contributed by atoms with Gasteiger partial charge in [-0.3, -0.25) is 9.69 Å². The number of carbonyl (C=O) groups is 1. The number of aliphatic carboxylic acids is 1. The number of benzene rings is 1. The average molecular weight is 251 g/mol. The fourth-order valence-electron chi connectivity index (χ4n) is 2.06. The minimum absolute atomic E-state index is 0.0655. The molecule has 5 heteroatoms. The largest absolute Gasteiger partial charge is 0.497 e. The van der Waals surface area contributed by atoms with Crippen LogP contribution in [0.15, 0.2) is 24.3 Å². The molecule has 18 heavy (non-hydrogen) atoms. The Labute approximate surface area is 106 Å². The van der Waals surface area contributed by atoms with Crippen molar-refractivity contribution in [3.8, 4) is 5.75 Å². The highest BCUT2D eigenvalue weighted by Crippen LogP contribution is 2.24. The highest BCUT2D eigenvalue weighted by molar-refractivity contribution is 5.69. The van der Waals surface area contributed by atoms with Gasteiger partial charge in [-0.2, -0.15) is 0 Å². The molecular formula is C13H17NO4. The van der Waals surface area contributed by atoms with Gasteiger partial charge in [0.1, 0.15) is 5.75 Å². The predicted octanol–water partition coefficient (Wildman–Crippen LogP) is 1.15. The average Bonchev–Trinajstić information content (AvgIpc) is 2.38. The first-order valence-electron chi connectivity index (χ1n) is 5.89. The van der Waals surface area contributed by atoms with Gasteiger partial charge in [-0.05, 0) is 17.7 Å². The lowest BCUT2D eigenvalue weighted by Gasteiger charge is -2.32. The number of nitrogens with zero attached hydrogens (tertiary/aromatic N) is 1. The van der Waals surface area contributed by atoms with Gasteiger partial charge in [-0.1, -0.05) is 12.1 Å². The second-order valence-electron chi connectivity index (χ2n) is 4.26. The molecule has 0 aromatic heterocycles. The Morgan fingerprint density at radius 3 is 2.83 bits per heavy atom. The second-order valence-corrected chi connectivity index (χ2v) is 4.26. The van der Waals surface area contributed by atoms with Gasteiger partial charge in [-0.25, -0.2) is 0 Å². The first-order chi connectivity index (χ1) is 8.69. The van der Waals surface area contributed by atoms with E-state index in [0.29, 0.717) is 19.7 Å². The molecule has 98 valence electrons. The molecule has 0 amide bonds. The summed E-state index contributed by atoms with van der Waals surface area (Å²) in [6.07, 6.45) is -0.0657. The number of hydrogen-bond acceptors (Lipinski definition) is 4. The summed E-state index contributed by atoms with van der Waals surface area (Å²) in [4.78, 5) is 12.6. The summed E-state index contributed by atoms with van der Waals surface area (Å²) in [6, 6.07) is 7.67. The number of carboxylic acid groups (broad SMARTS) is 1. The molecule has 1 saturated heterocycles. The fraction of sp³-hybridized carbons (Fsp3) is 0.462. The summed E-state index contributed by atoms with van der Waals surface area (Å²) in [5.41, 5.74) is 1.05. The van der Waals surface area contributed by atoms with Crippen LogP contribution in [0.1, 0.15) is 11.7 Å². The van der Waals surface area contributed by atoms with Crippen molar-refractivity contribution >= 4 is 5.97 Å². The zero-order valence-electron chi connectivity index (χ0n) is 10.3. The number of hydrogen-bond donors (Lipinski definition) is 1. The van der Waals surface area contributed by atoms with Gasteiger partial charge in [0.2, 0.25) is 0 Å². The third-order valence-corrected chi connectivity index (χ3v) is 3.00. The Hall–Kier alpha value is -1.59. The van der Waals surface area contributed by atoms with Crippen LogP contribution >= 0.6 is 0 Å². The molecular weight excluding hydrogens is 234 g/mol. The lowest BCUT2D eigenvalue weighted by Crippen LogP contribution is -2.41. The van der Waals surface area contributed by atoms with Crippen LogP contribution < -0.4 is 4.74 Å². The molecule has 5 nitrogen and oxygen atoms in total. The van der Waals surface area contributed by atoms with Crippen LogP contribution in [0.3, 0.4) is 0 Å². The van der Waals surface area contributed by atoms with Crippen molar-refractivity contribution in [2.24, 2.45) is 0 Å². The Kier molecular flexibility index (Phi) is 4.17. The van der Waals surface area contributed by atoms with Crippen molar-refractivity contribution in [1.82, 2.24) is 4.90 Å². The number of ether oxygens (including phenoxy) is 2. The summed E-state index contributed by atoms with van der Waals surface area (Å²) in [5.74, 6) is 0.00216. The predicted molar refractivity (Wildman–Crippen MR) is 65.8 cm³/mol. The standard InChI is InChI=1S/C13H17NO4/c1-17-11-4-2-10(3-5-11)12-8-14(6-7-18-12)9-13(15)16/h2-5,12H,6-9H2,1H3,(H,15,16). The minimum atomic E-state index is -0.801. The molecule has 0 saturated carbocycles. The van der Waals surface area contributed by atoms with Gasteiger partial charge in [0.15, 0.2) is 0 Å². The molecule has 0 bridgehead atoms. The highest BCUT2D eigenvalue weighted by atomic mass is 16.5. The van der Waals surface area contributed by atoms with Crippen LogP contribution in [0, 0.1) is 0 Å². The number of methoxy groups -OCH3 is 1. The van der Waals surface area contributed by atoms with Gasteiger partial charge in [0, 0.05) is 13.1 Å². The molecule has 0 radical (unpaired) electrons. The minimum Gasteiger partial charge on any atom is -0.497 e. The zero-order chi connectivity index (χ0) is 13.0. The summed E-state index contributed by atoms with van der Waals surface area (Å²) in [7, 11) is 1.63. The van der Waals surface area contributed by atoms with Crippen LogP contribution in [-0.4, -0.2) is 49.3 Å².